The van der Waals surface area contributed by atoms with E-state index in [1.807, 2.05) is 13.0 Å². The minimum absolute atomic E-state index is 0.113. The zero-order chi connectivity index (χ0) is 18.1. The number of hydrogen-bond acceptors (Lipinski definition) is 4. The number of hydrogen-bond donors (Lipinski definition) is 2. The molecule has 2 N–H and O–H groups in total. The molecule has 0 spiro atoms. The lowest BCUT2D eigenvalue weighted by Crippen LogP contribution is -2.40. The van der Waals surface area contributed by atoms with Crippen LogP contribution in [0.4, 0.5) is 0 Å². The maximum absolute atomic E-state index is 5.70. The van der Waals surface area contributed by atoms with Crippen LogP contribution >= 0.6 is 0 Å². The molecule has 0 saturated heterocycles. The van der Waals surface area contributed by atoms with Gasteiger partial charge in [0.15, 0.2) is 17.5 Å². The summed E-state index contributed by atoms with van der Waals surface area (Å²) in [5.41, 5.74) is 1.07. The van der Waals surface area contributed by atoms with E-state index in [2.05, 4.69) is 43.5 Å². The van der Waals surface area contributed by atoms with Gasteiger partial charge in [-0.1, -0.05) is 19.9 Å². The Balaban J connectivity index is 2.02. The highest BCUT2D eigenvalue weighted by Crippen LogP contribution is 2.35. The Labute approximate surface area is 151 Å². The normalized spacial score (nSPS) is 14.3. The highest BCUT2D eigenvalue weighted by Gasteiger charge is 2.23. The summed E-state index contributed by atoms with van der Waals surface area (Å²) in [4.78, 5) is 4.74. The second kappa shape index (κ2) is 9.51. The first-order chi connectivity index (χ1) is 12.1. The van der Waals surface area contributed by atoms with Crippen LogP contribution in [-0.2, 0) is 10.2 Å². The summed E-state index contributed by atoms with van der Waals surface area (Å²) >= 11 is 0. The summed E-state index contributed by atoms with van der Waals surface area (Å²) in [6, 6.07) is 6.15. The zero-order valence-electron chi connectivity index (χ0n) is 15.9. The fraction of sp³-hybridized carbons (Fsp3) is 0.632. The molecule has 6 nitrogen and oxygen atoms in total. The van der Waals surface area contributed by atoms with Gasteiger partial charge in [0.2, 0.25) is 0 Å². The summed E-state index contributed by atoms with van der Waals surface area (Å²) < 4.78 is 16.7. The van der Waals surface area contributed by atoms with Crippen LogP contribution in [0.5, 0.6) is 11.5 Å². The first kappa shape index (κ1) is 19.4. The van der Waals surface area contributed by atoms with Crippen LogP contribution in [0, 0.1) is 0 Å². The number of aliphatic imine (C=N–C) groups is 1. The van der Waals surface area contributed by atoms with Gasteiger partial charge in [0, 0.05) is 25.1 Å². The predicted molar refractivity (Wildman–Crippen MR) is 101 cm³/mol. The average molecular weight is 349 g/mol. The van der Waals surface area contributed by atoms with Crippen molar-refractivity contribution in [2.24, 2.45) is 4.99 Å². The molecule has 1 aromatic carbocycles. The van der Waals surface area contributed by atoms with Gasteiger partial charge in [0.1, 0.15) is 13.2 Å². The number of guanidine groups is 1. The Hall–Kier alpha value is -1.95. The number of benzene rings is 1. The Kier molecular flexibility index (Phi) is 7.37. The van der Waals surface area contributed by atoms with E-state index in [1.165, 1.54) is 5.56 Å². The maximum Gasteiger partial charge on any atom is 0.191 e. The van der Waals surface area contributed by atoms with E-state index in [4.69, 9.17) is 19.2 Å². The summed E-state index contributed by atoms with van der Waals surface area (Å²) in [6.45, 7) is 13.3. The molecule has 0 aliphatic carbocycles. The fourth-order valence-electron chi connectivity index (χ4n) is 2.56. The van der Waals surface area contributed by atoms with Crippen molar-refractivity contribution in [3.8, 4) is 11.5 Å². The van der Waals surface area contributed by atoms with E-state index in [-0.39, 0.29) is 5.41 Å². The average Bonchev–Trinajstić information content (AvgIpc) is 2.62. The largest absolute Gasteiger partial charge is 0.486 e. The van der Waals surface area contributed by atoms with Crippen LogP contribution in [0.15, 0.2) is 23.2 Å². The zero-order valence-corrected chi connectivity index (χ0v) is 15.9. The molecule has 0 aromatic heterocycles. The van der Waals surface area contributed by atoms with Gasteiger partial charge in [-0.25, -0.2) is 0 Å². The van der Waals surface area contributed by atoms with E-state index in [9.17, 15) is 0 Å². The Morgan fingerprint density at radius 1 is 1.16 bits per heavy atom. The summed E-state index contributed by atoms with van der Waals surface area (Å²) in [6.07, 6.45) is 0. The van der Waals surface area contributed by atoms with Gasteiger partial charge in [-0.2, -0.15) is 0 Å². The van der Waals surface area contributed by atoms with E-state index < -0.39 is 0 Å². The molecule has 0 saturated carbocycles. The van der Waals surface area contributed by atoms with Crippen molar-refractivity contribution in [2.45, 2.75) is 33.1 Å². The molecule has 1 heterocycles. The second-order valence-corrected chi connectivity index (χ2v) is 6.56. The Morgan fingerprint density at radius 2 is 1.92 bits per heavy atom. The number of ether oxygens (including phenoxy) is 3. The molecule has 6 heteroatoms. The topological polar surface area (TPSA) is 64.1 Å². The third-order valence-corrected chi connectivity index (χ3v) is 4.04. The highest BCUT2D eigenvalue weighted by atomic mass is 16.6. The predicted octanol–water partition coefficient (Wildman–Crippen LogP) is 2.33. The number of nitrogens with one attached hydrogen (secondary N) is 2. The molecule has 2 rings (SSSR count). The minimum atomic E-state index is -0.113. The van der Waals surface area contributed by atoms with Gasteiger partial charge in [-0.05, 0) is 31.5 Å². The van der Waals surface area contributed by atoms with Gasteiger partial charge < -0.3 is 24.8 Å². The molecular formula is C19H31N3O3. The lowest BCUT2D eigenvalue weighted by Gasteiger charge is -2.26. The van der Waals surface area contributed by atoms with Gasteiger partial charge in [0.25, 0.3) is 0 Å². The maximum atomic E-state index is 5.70. The van der Waals surface area contributed by atoms with Crippen molar-refractivity contribution in [2.75, 3.05) is 46.1 Å². The van der Waals surface area contributed by atoms with Crippen molar-refractivity contribution in [1.82, 2.24) is 10.6 Å². The number of rotatable bonds is 8. The summed E-state index contributed by atoms with van der Waals surface area (Å²) in [5.74, 6) is 2.45. The van der Waals surface area contributed by atoms with Crippen molar-refractivity contribution in [1.29, 1.82) is 0 Å². The molecule has 140 valence electrons. The highest BCUT2D eigenvalue weighted by molar-refractivity contribution is 5.79. The molecule has 0 atom stereocenters. The van der Waals surface area contributed by atoms with E-state index in [0.717, 1.165) is 37.2 Å². The third-order valence-electron chi connectivity index (χ3n) is 4.04. The van der Waals surface area contributed by atoms with Gasteiger partial charge in [-0.3, -0.25) is 4.99 Å². The minimum Gasteiger partial charge on any atom is -0.486 e. The molecule has 0 bridgehead atoms. The molecule has 0 fully saturated rings. The standard InChI is InChI=1S/C19H31N3O3/c1-5-20-18(21-9-10-23-6-2)22-14-19(3,4)15-7-8-16-17(13-15)25-12-11-24-16/h7-8,13H,5-6,9-12,14H2,1-4H3,(H2,20,21,22). The van der Waals surface area contributed by atoms with Crippen LogP contribution in [0.3, 0.4) is 0 Å². The lowest BCUT2D eigenvalue weighted by atomic mass is 9.84. The molecule has 1 aliphatic heterocycles. The second-order valence-electron chi connectivity index (χ2n) is 6.56. The lowest BCUT2D eigenvalue weighted by molar-refractivity contribution is 0.152. The third kappa shape index (κ3) is 5.81. The molecule has 0 radical (unpaired) electrons. The molecule has 1 aromatic rings. The van der Waals surface area contributed by atoms with Crippen molar-refractivity contribution in [3.05, 3.63) is 23.8 Å². The van der Waals surface area contributed by atoms with Crippen molar-refractivity contribution in [3.63, 3.8) is 0 Å². The van der Waals surface area contributed by atoms with Gasteiger partial charge in [-0.15, -0.1) is 0 Å². The molecular weight excluding hydrogens is 318 g/mol. The molecule has 25 heavy (non-hydrogen) atoms. The molecule has 0 amide bonds. The monoisotopic (exact) mass is 349 g/mol. The van der Waals surface area contributed by atoms with Gasteiger partial charge in [0.05, 0.1) is 13.2 Å². The van der Waals surface area contributed by atoms with Gasteiger partial charge >= 0.3 is 0 Å². The number of nitrogens with zero attached hydrogens (tertiary/aromatic N) is 1. The van der Waals surface area contributed by atoms with Crippen molar-refractivity contribution >= 4 is 5.96 Å². The first-order valence-corrected chi connectivity index (χ1v) is 9.07. The smallest absolute Gasteiger partial charge is 0.191 e. The van der Waals surface area contributed by atoms with Crippen molar-refractivity contribution < 1.29 is 14.2 Å². The first-order valence-electron chi connectivity index (χ1n) is 9.07. The Bertz CT molecular complexity index is 573. The van der Waals surface area contributed by atoms with E-state index in [0.29, 0.717) is 26.4 Å². The van der Waals surface area contributed by atoms with Crippen LogP contribution in [-0.4, -0.2) is 52.0 Å². The van der Waals surface area contributed by atoms with Crippen LogP contribution in [0.1, 0.15) is 33.3 Å². The fourth-order valence-corrected chi connectivity index (χ4v) is 2.56. The van der Waals surface area contributed by atoms with Crippen LogP contribution < -0.4 is 20.1 Å². The molecule has 0 unspecified atom stereocenters. The quantitative estimate of drug-likeness (QED) is 0.428. The van der Waals surface area contributed by atoms with Crippen LogP contribution in [0.25, 0.3) is 0 Å². The van der Waals surface area contributed by atoms with E-state index >= 15 is 0 Å². The Morgan fingerprint density at radius 3 is 2.64 bits per heavy atom. The SMILES string of the molecule is CCNC(=NCC(C)(C)c1ccc2c(c1)OCCO2)NCCOCC. The van der Waals surface area contributed by atoms with E-state index in [1.54, 1.807) is 0 Å². The number of fused-ring (bicyclic) bond motifs is 1. The molecule has 1 aliphatic rings. The summed E-state index contributed by atoms with van der Waals surface area (Å²) in [5, 5.41) is 6.57. The summed E-state index contributed by atoms with van der Waals surface area (Å²) in [7, 11) is 0. The van der Waals surface area contributed by atoms with Crippen LogP contribution in [0.2, 0.25) is 0 Å².